The van der Waals surface area contributed by atoms with E-state index >= 15 is 0 Å². The largest absolute Gasteiger partial charge is 0.465 e. The molecule has 2 aliphatic rings. The van der Waals surface area contributed by atoms with E-state index in [1.807, 2.05) is 7.05 Å². The molecule has 2 fully saturated rings. The number of urea groups is 1. The highest BCUT2D eigenvalue weighted by molar-refractivity contribution is 5.74. The highest BCUT2D eigenvalue weighted by Gasteiger charge is 2.32. The van der Waals surface area contributed by atoms with E-state index in [1.54, 1.807) is 4.90 Å². The Morgan fingerprint density at radius 3 is 2.50 bits per heavy atom. The van der Waals surface area contributed by atoms with Crippen molar-refractivity contribution in [2.75, 3.05) is 39.8 Å². The molecule has 3 amide bonds. The van der Waals surface area contributed by atoms with Gasteiger partial charge in [-0.25, -0.2) is 18.4 Å². The van der Waals surface area contributed by atoms with Crippen LogP contribution in [0.5, 0.6) is 0 Å². The maximum absolute atomic E-state index is 14.0. The van der Waals surface area contributed by atoms with Gasteiger partial charge in [-0.1, -0.05) is 32.1 Å². The number of benzene rings is 1. The first kappa shape index (κ1) is 28.1. The number of carbonyl (C=O) groups is 2. The second-order valence-corrected chi connectivity index (χ2v) is 10.0. The number of likely N-dealkylation sites (tertiary alicyclic amines) is 1. The van der Waals surface area contributed by atoms with Crippen molar-refractivity contribution in [3.8, 4) is 0 Å². The van der Waals surface area contributed by atoms with Gasteiger partial charge in [0.25, 0.3) is 0 Å². The zero-order valence-electron chi connectivity index (χ0n) is 21.1. The number of hydrogen-bond donors (Lipinski definition) is 4. The van der Waals surface area contributed by atoms with Gasteiger partial charge in [-0.3, -0.25) is 0 Å². The summed E-state index contributed by atoms with van der Waals surface area (Å²) in [7, 11) is 1.89. The molecule has 3 atom stereocenters. The van der Waals surface area contributed by atoms with E-state index in [-0.39, 0.29) is 31.1 Å². The molecule has 10 heteroatoms. The van der Waals surface area contributed by atoms with Crippen LogP contribution in [-0.4, -0.2) is 68.0 Å². The maximum Gasteiger partial charge on any atom is 0.404 e. The predicted octanol–water partition coefficient (Wildman–Crippen LogP) is 4.27. The Hall–Kier alpha value is -2.46. The molecule has 202 valence electrons. The lowest BCUT2D eigenvalue weighted by atomic mass is 9.85. The molecule has 0 spiro atoms. The predicted molar refractivity (Wildman–Crippen MR) is 133 cm³/mol. The highest BCUT2D eigenvalue weighted by Crippen LogP contribution is 2.34. The Kier molecular flexibility index (Phi) is 11.2. The van der Waals surface area contributed by atoms with Gasteiger partial charge in [-0.05, 0) is 49.9 Å². The summed E-state index contributed by atoms with van der Waals surface area (Å²) in [4.78, 5) is 25.7. The van der Waals surface area contributed by atoms with Crippen LogP contribution in [0, 0.1) is 23.5 Å². The molecule has 1 aromatic carbocycles. The Morgan fingerprint density at radius 2 is 1.83 bits per heavy atom. The van der Waals surface area contributed by atoms with Crippen LogP contribution >= 0.6 is 0 Å². The standard InChI is InChI=1S/C26H40F2N4O4/c1-29-16-23(12-18-6-3-2-4-7-18)31-25(33)32-10-5-8-19(17-32)24(36-11-9-30-26(34)35)20-13-21(27)15-22(28)14-20/h13-15,18-19,23-24,29-30H,2-12,16-17H2,1H3,(H,31,33)(H,34,35). The maximum atomic E-state index is 14.0. The van der Waals surface area contributed by atoms with Crippen molar-refractivity contribution < 1.29 is 28.2 Å². The minimum Gasteiger partial charge on any atom is -0.465 e. The molecule has 0 bridgehead atoms. The number of halogens is 2. The molecule has 3 unspecified atom stereocenters. The van der Waals surface area contributed by atoms with Crippen molar-refractivity contribution in [2.24, 2.45) is 11.8 Å². The van der Waals surface area contributed by atoms with Crippen molar-refractivity contribution in [3.63, 3.8) is 0 Å². The number of carboxylic acid groups (broad SMARTS) is 1. The van der Waals surface area contributed by atoms with E-state index in [2.05, 4.69) is 16.0 Å². The Balaban J connectivity index is 1.65. The zero-order chi connectivity index (χ0) is 25.9. The third kappa shape index (κ3) is 8.89. The van der Waals surface area contributed by atoms with E-state index in [1.165, 1.54) is 44.2 Å². The minimum absolute atomic E-state index is 0.0393. The minimum atomic E-state index is -1.17. The number of ether oxygens (including phenoxy) is 1. The molecular formula is C26H40F2N4O4. The first-order valence-corrected chi connectivity index (χ1v) is 13.1. The summed E-state index contributed by atoms with van der Waals surface area (Å²) in [5.41, 5.74) is 0.348. The van der Waals surface area contributed by atoms with Crippen LogP contribution < -0.4 is 16.0 Å². The monoisotopic (exact) mass is 510 g/mol. The van der Waals surface area contributed by atoms with E-state index in [9.17, 15) is 18.4 Å². The van der Waals surface area contributed by atoms with E-state index in [4.69, 9.17) is 9.84 Å². The molecule has 0 radical (unpaired) electrons. The van der Waals surface area contributed by atoms with Crippen molar-refractivity contribution in [3.05, 3.63) is 35.4 Å². The SMILES string of the molecule is CNCC(CC1CCCCC1)NC(=O)N1CCCC(C(OCCNC(=O)O)c2cc(F)cc(F)c2)C1. The Morgan fingerprint density at radius 1 is 1.11 bits per heavy atom. The smallest absolute Gasteiger partial charge is 0.404 e. The number of nitrogens with zero attached hydrogens (tertiary/aromatic N) is 1. The van der Waals surface area contributed by atoms with Gasteiger partial charge < -0.3 is 30.7 Å². The van der Waals surface area contributed by atoms with Gasteiger partial charge in [0, 0.05) is 44.2 Å². The van der Waals surface area contributed by atoms with Gasteiger partial charge in [-0.2, -0.15) is 0 Å². The summed E-state index contributed by atoms with van der Waals surface area (Å²) in [6.07, 6.45) is 6.79. The van der Waals surface area contributed by atoms with Crippen LogP contribution in [0.15, 0.2) is 18.2 Å². The van der Waals surface area contributed by atoms with Crippen LogP contribution in [0.2, 0.25) is 0 Å². The third-order valence-corrected chi connectivity index (χ3v) is 7.18. The molecule has 3 rings (SSSR count). The fourth-order valence-corrected chi connectivity index (χ4v) is 5.56. The van der Waals surface area contributed by atoms with Gasteiger partial charge >= 0.3 is 12.1 Å². The van der Waals surface area contributed by atoms with Gasteiger partial charge in [0.2, 0.25) is 0 Å². The summed E-state index contributed by atoms with van der Waals surface area (Å²) in [5, 5.41) is 17.4. The van der Waals surface area contributed by atoms with Gasteiger partial charge in [0.05, 0.1) is 12.7 Å². The van der Waals surface area contributed by atoms with Gasteiger partial charge in [-0.15, -0.1) is 0 Å². The Labute approximate surface area is 212 Å². The second kappa shape index (κ2) is 14.3. The summed E-state index contributed by atoms with van der Waals surface area (Å²) >= 11 is 0. The quantitative estimate of drug-likeness (QED) is 0.333. The summed E-state index contributed by atoms with van der Waals surface area (Å²) in [5.74, 6) is -0.959. The number of amides is 3. The average molecular weight is 511 g/mol. The van der Waals surface area contributed by atoms with Crippen LogP contribution in [0.3, 0.4) is 0 Å². The van der Waals surface area contributed by atoms with Crippen molar-refractivity contribution >= 4 is 12.1 Å². The van der Waals surface area contributed by atoms with Crippen LogP contribution in [-0.2, 0) is 4.74 Å². The molecule has 1 saturated carbocycles. The molecule has 4 N–H and O–H groups in total. The lowest BCUT2D eigenvalue weighted by Crippen LogP contribution is -2.52. The topological polar surface area (TPSA) is 103 Å². The third-order valence-electron chi connectivity index (χ3n) is 7.18. The molecule has 1 aliphatic heterocycles. The molecule has 1 saturated heterocycles. The van der Waals surface area contributed by atoms with E-state index in [0.29, 0.717) is 31.1 Å². The zero-order valence-corrected chi connectivity index (χ0v) is 21.1. The second-order valence-electron chi connectivity index (χ2n) is 10.0. The van der Waals surface area contributed by atoms with E-state index < -0.39 is 23.8 Å². The number of likely N-dealkylation sites (N-methyl/N-ethyl adjacent to an activating group) is 1. The molecule has 0 aromatic heterocycles. The highest BCUT2D eigenvalue weighted by atomic mass is 19.1. The molecule has 1 aliphatic carbocycles. The summed E-state index contributed by atoms with van der Waals surface area (Å²) < 4.78 is 33.9. The first-order valence-electron chi connectivity index (χ1n) is 13.1. The lowest BCUT2D eigenvalue weighted by molar-refractivity contribution is -0.00883. The number of nitrogens with one attached hydrogen (secondary N) is 3. The fourth-order valence-electron chi connectivity index (χ4n) is 5.56. The molecule has 1 heterocycles. The van der Waals surface area contributed by atoms with Crippen molar-refractivity contribution in [2.45, 2.75) is 63.5 Å². The molecule has 8 nitrogen and oxygen atoms in total. The van der Waals surface area contributed by atoms with Crippen LogP contribution in [0.4, 0.5) is 18.4 Å². The first-order chi connectivity index (χ1) is 17.4. The van der Waals surface area contributed by atoms with Crippen molar-refractivity contribution in [1.82, 2.24) is 20.9 Å². The van der Waals surface area contributed by atoms with Crippen LogP contribution in [0.1, 0.15) is 63.0 Å². The van der Waals surface area contributed by atoms with Crippen LogP contribution in [0.25, 0.3) is 0 Å². The normalized spacial score (nSPS) is 20.5. The van der Waals surface area contributed by atoms with Crippen molar-refractivity contribution in [1.29, 1.82) is 0 Å². The Bertz CT molecular complexity index is 833. The van der Waals surface area contributed by atoms with Gasteiger partial charge in [0.1, 0.15) is 11.6 Å². The van der Waals surface area contributed by atoms with E-state index in [0.717, 1.165) is 25.3 Å². The fraction of sp³-hybridized carbons (Fsp3) is 0.692. The number of piperidine rings is 1. The lowest BCUT2D eigenvalue weighted by Gasteiger charge is -2.38. The molecular weight excluding hydrogens is 470 g/mol. The number of hydrogen-bond acceptors (Lipinski definition) is 4. The summed E-state index contributed by atoms with van der Waals surface area (Å²) in [6.45, 7) is 1.78. The average Bonchev–Trinajstić information content (AvgIpc) is 2.84. The molecule has 36 heavy (non-hydrogen) atoms. The number of carbonyl (C=O) groups excluding carboxylic acids is 1. The van der Waals surface area contributed by atoms with Gasteiger partial charge in [0.15, 0.2) is 0 Å². The number of rotatable bonds is 11. The summed E-state index contributed by atoms with van der Waals surface area (Å²) in [6, 6.07) is 3.20. The molecule has 1 aromatic rings.